The Morgan fingerprint density at radius 2 is 1.97 bits per heavy atom. The summed E-state index contributed by atoms with van der Waals surface area (Å²) in [5.41, 5.74) is 2.00. The number of carbonyl (C=O) groups excluding carboxylic acids is 2. The molecule has 1 aliphatic heterocycles. The Labute approximate surface area is 187 Å². The predicted molar refractivity (Wildman–Crippen MR) is 121 cm³/mol. The highest BCUT2D eigenvalue weighted by Gasteiger charge is 2.29. The van der Waals surface area contributed by atoms with Crippen molar-refractivity contribution >= 4 is 45.2 Å². The fourth-order valence-corrected chi connectivity index (χ4v) is 4.19. The molecule has 0 aliphatic carbocycles. The number of hydrogen-bond acceptors (Lipinski definition) is 5. The quantitative estimate of drug-likeness (QED) is 0.599. The van der Waals surface area contributed by atoms with Crippen LogP contribution < -0.4 is 15.4 Å². The van der Waals surface area contributed by atoms with E-state index in [0.29, 0.717) is 22.9 Å². The van der Waals surface area contributed by atoms with Crippen LogP contribution in [-0.4, -0.2) is 24.2 Å². The summed E-state index contributed by atoms with van der Waals surface area (Å²) in [4.78, 5) is 24.5. The number of halogens is 1. The van der Waals surface area contributed by atoms with Crippen LogP contribution in [0.1, 0.15) is 24.8 Å². The van der Waals surface area contributed by atoms with Gasteiger partial charge in [0.25, 0.3) is 0 Å². The maximum absolute atomic E-state index is 12.3. The van der Waals surface area contributed by atoms with Crippen molar-refractivity contribution in [3.05, 3.63) is 69.2 Å². The fourth-order valence-electron chi connectivity index (χ4n) is 3.05. The molecule has 2 N–H and O–H groups in total. The zero-order valence-electron chi connectivity index (χ0n) is 16.3. The van der Waals surface area contributed by atoms with E-state index in [1.807, 2.05) is 43.3 Å². The van der Waals surface area contributed by atoms with E-state index in [1.54, 1.807) is 12.1 Å². The third-order valence-electron chi connectivity index (χ3n) is 4.43. The van der Waals surface area contributed by atoms with Crippen LogP contribution in [0.3, 0.4) is 0 Å². The van der Waals surface area contributed by atoms with Crippen LogP contribution in [0.25, 0.3) is 0 Å². The molecule has 0 saturated carbocycles. The highest BCUT2D eigenvalue weighted by molar-refractivity contribution is 9.10. The van der Waals surface area contributed by atoms with E-state index in [2.05, 4.69) is 32.6 Å². The molecule has 1 unspecified atom stereocenters. The highest BCUT2D eigenvalue weighted by Crippen LogP contribution is 2.36. The lowest BCUT2D eigenvalue weighted by Gasteiger charge is -2.25. The smallest absolute Gasteiger partial charge is 0.234 e. The largest absolute Gasteiger partial charge is 0.494 e. The molecule has 0 spiro atoms. The van der Waals surface area contributed by atoms with Gasteiger partial charge >= 0.3 is 0 Å². The van der Waals surface area contributed by atoms with Gasteiger partial charge in [-0.3, -0.25) is 9.59 Å². The van der Waals surface area contributed by atoms with Gasteiger partial charge in [-0.15, -0.1) is 0 Å². The van der Waals surface area contributed by atoms with Gasteiger partial charge in [0.2, 0.25) is 11.8 Å². The van der Waals surface area contributed by atoms with Gasteiger partial charge in [0, 0.05) is 22.5 Å². The van der Waals surface area contributed by atoms with Gasteiger partial charge in [-0.2, -0.15) is 5.26 Å². The van der Waals surface area contributed by atoms with Gasteiger partial charge in [-0.05, 0) is 48.9 Å². The average Bonchev–Trinajstić information content (AvgIpc) is 2.74. The molecule has 154 valence electrons. The molecule has 0 aromatic heterocycles. The molecule has 0 fully saturated rings. The molecule has 0 saturated heterocycles. The van der Waals surface area contributed by atoms with Crippen molar-refractivity contribution in [2.45, 2.75) is 19.3 Å². The van der Waals surface area contributed by atoms with Crippen LogP contribution in [0, 0.1) is 11.3 Å². The summed E-state index contributed by atoms with van der Waals surface area (Å²) in [6, 6.07) is 16.9. The normalized spacial score (nSPS) is 15.9. The van der Waals surface area contributed by atoms with Crippen molar-refractivity contribution in [1.82, 2.24) is 5.32 Å². The van der Waals surface area contributed by atoms with Crippen LogP contribution in [0.5, 0.6) is 5.75 Å². The summed E-state index contributed by atoms with van der Waals surface area (Å²) in [6.07, 6.45) is 0.187. The predicted octanol–water partition coefficient (Wildman–Crippen LogP) is 4.56. The Morgan fingerprint density at radius 3 is 2.60 bits per heavy atom. The first kappa shape index (κ1) is 21.9. The minimum Gasteiger partial charge on any atom is -0.494 e. The average molecular weight is 486 g/mol. The van der Waals surface area contributed by atoms with Crippen molar-refractivity contribution < 1.29 is 14.3 Å². The molecule has 0 bridgehead atoms. The zero-order chi connectivity index (χ0) is 21.5. The second kappa shape index (κ2) is 10.3. The Bertz CT molecular complexity index is 998. The third-order valence-corrected chi connectivity index (χ3v) is 5.97. The Balaban J connectivity index is 1.72. The molecule has 2 aromatic carbocycles. The molecule has 1 aliphatic rings. The van der Waals surface area contributed by atoms with E-state index < -0.39 is 0 Å². The number of ether oxygens (including phenoxy) is 1. The van der Waals surface area contributed by atoms with Gasteiger partial charge < -0.3 is 15.4 Å². The standard InChI is InChI=1S/C22H20BrN3O3S/c1-2-29-17-9-3-14(4-10-17)18-11-20(27)26-22(19(18)12-24)30-13-21(28)25-16-7-5-15(23)6-8-16/h3-10,18H,2,11,13H2,1H3,(H,25,28)(H,26,27). The van der Waals surface area contributed by atoms with Crippen molar-refractivity contribution in [3.63, 3.8) is 0 Å². The molecule has 3 rings (SSSR count). The second-order valence-corrected chi connectivity index (χ2v) is 8.41. The van der Waals surface area contributed by atoms with Crippen LogP contribution in [0.4, 0.5) is 5.69 Å². The molecule has 0 radical (unpaired) electrons. The molecule has 1 heterocycles. The minimum atomic E-state index is -0.350. The van der Waals surface area contributed by atoms with Crippen LogP contribution in [-0.2, 0) is 9.59 Å². The Kier molecular flexibility index (Phi) is 7.55. The number of amides is 2. The molecular formula is C22H20BrN3O3S. The zero-order valence-corrected chi connectivity index (χ0v) is 18.7. The topological polar surface area (TPSA) is 91.2 Å². The number of hydrogen-bond donors (Lipinski definition) is 2. The number of benzene rings is 2. The van der Waals surface area contributed by atoms with E-state index in [4.69, 9.17) is 4.74 Å². The maximum atomic E-state index is 12.3. The fraction of sp³-hybridized carbons (Fsp3) is 0.227. The van der Waals surface area contributed by atoms with Crippen molar-refractivity contribution in [2.24, 2.45) is 0 Å². The summed E-state index contributed by atoms with van der Waals surface area (Å²) in [5, 5.41) is 15.7. The van der Waals surface area contributed by atoms with Crippen molar-refractivity contribution in [3.8, 4) is 11.8 Å². The molecular weight excluding hydrogens is 466 g/mol. The molecule has 2 aromatic rings. The number of rotatable bonds is 7. The van der Waals surface area contributed by atoms with Crippen molar-refractivity contribution in [1.29, 1.82) is 5.26 Å². The van der Waals surface area contributed by atoms with Gasteiger partial charge in [0.05, 0.1) is 29.0 Å². The molecule has 8 heteroatoms. The van der Waals surface area contributed by atoms with E-state index >= 15 is 0 Å². The number of anilines is 1. The van der Waals surface area contributed by atoms with E-state index in [0.717, 1.165) is 27.5 Å². The van der Waals surface area contributed by atoms with Crippen LogP contribution >= 0.6 is 27.7 Å². The maximum Gasteiger partial charge on any atom is 0.234 e. The van der Waals surface area contributed by atoms with Crippen molar-refractivity contribution in [2.75, 3.05) is 17.7 Å². The number of nitriles is 1. The van der Waals surface area contributed by atoms with Crippen LogP contribution in [0.15, 0.2) is 63.6 Å². The monoisotopic (exact) mass is 485 g/mol. The van der Waals surface area contributed by atoms with E-state index in [1.165, 1.54) is 0 Å². The van der Waals surface area contributed by atoms with Gasteiger partial charge in [0.1, 0.15) is 5.75 Å². The van der Waals surface area contributed by atoms with Gasteiger partial charge in [-0.1, -0.05) is 39.8 Å². The highest BCUT2D eigenvalue weighted by atomic mass is 79.9. The van der Waals surface area contributed by atoms with Crippen LogP contribution in [0.2, 0.25) is 0 Å². The van der Waals surface area contributed by atoms with E-state index in [9.17, 15) is 14.9 Å². The van der Waals surface area contributed by atoms with Gasteiger partial charge in [-0.25, -0.2) is 0 Å². The number of nitrogens with one attached hydrogen (secondary N) is 2. The first-order valence-corrected chi connectivity index (χ1v) is 11.1. The summed E-state index contributed by atoms with van der Waals surface area (Å²) < 4.78 is 6.38. The number of allylic oxidation sites excluding steroid dienone is 1. The molecule has 1 atom stereocenters. The number of nitrogens with zero attached hydrogens (tertiary/aromatic N) is 1. The molecule has 2 amide bonds. The summed E-state index contributed by atoms with van der Waals surface area (Å²) >= 11 is 4.50. The first-order valence-electron chi connectivity index (χ1n) is 9.35. The lowest BCUT2D eigenvalue weighted by atomic mass is 9.87. The minimum absolute atomic E-state index is 0.0762. The summed E-state index contributed by atoms with van der Waals surface area (Å²) in [5.74, 6) is 0.0697. The van der Waals surface area contributed by atoms with Gasteiger partial charge in [0.15, 0.2) is 0 Å². The SMILES string of the molecule is CCOc1ccc(C2CC(=O)NC(SCC(=O)Nc3ccc(Br)cc3)=C2C#N)cc1. The summed E-state index contributed by atoms with van der Waals surface area (Å²) in [7, 11) is 0. The Hall–Kier alpha value is -2.76. The molecule has 6 nitrogen and oxygen atoms in total. The lowest BCUT2D eigenvalue weighted by Crippen LogP contribution is -2.31. The Morgan fingerprint density at radius 1 is 1.27 bits per heavy atom. The van der Waals surface area contributed by atoms with E-state index in [-0.39, 0.29) is 29.9 Å². The third kappa shape index (κ3) is 5.65. The number of thioether (sulfide) groups is 1. The lowest BCUT2D eigenvalue weighted by molar-refractivity contribution is -0.121. The molecule has 30 heavy (non-hydrogen) atoms. The second-order valence-electron chi connectivity index (χ2n) is 6.51. The number of carbonyl (C=O) groups is 2. The summed E-state index contributed by atoms with van der Waals surface area (Å²) in [6.45, 7) is 2.48. The first-order chi connectivity index (χ1) is 14.5.